The first-order valence-electron chi connectivity index (χ1n) is 4.34. The smallest absolute Gasteiger partial charge is 0.323 e. The maximum Gasteiger partial charge on any atom is 0.323 e. The molecular weight excluding hydrogens is 237 g/mol. The molecule has 86 valence electrons. The number of nitrogens with zero attached hydrogens (tertiary/aromatic N) is 1. The molecule has 4 nitrogen and oxygen atoms in total. The van der Waals surface area contributed by atoms with Gasteiger partial charge in [0.25, 0.3) is 5.91 Å². The lowest BCUT2D eigenvalue weighted by Gasteiger charge is -2.15. The summed E-state index contributed by atoms with van der Waals surface area (Å²) in [5.41, 5.74) is 0.0758. The van der Waals surface area contributed by atoms with E-state index in [2.05, 4.69) is 0 Å². The Morgan fingerprint density at radius 3 is 2.62 bits per heavy atom. The first-order chi connectivity index (χ1) is 7.41. The van der Waals surface area contributed by atoms with Crippen LogP contribution in [0.15, 0.2) is 18.2 Å². The second kappa shape index (κ2) is 4.94. The number of carbonyl (C=O) groups excluding carboxylic acids is 1. The van der Waals surface area contributed by atoms with Crippen molar-refractivity contribution >= 4 is 23.5 Å². The molecule has 0 aliphatic heterocycles. The van der Waals surface area contributed by atoms with Gasteiger partial charge in [0.05, 0.1) is 10.6 Å². The molecule has 0 unspecified atom stereocenters. The van der Waals surface area contributed by atoms with Crippen LogP contribution in [0.3, 0.4) is 0 Å². The molecule has 1 N–H and O–H groups in total. The summed E-state index contributed by atoms with van der Waals surface area (Å²) < 4.78 is 12.7. The number of likely N-dealkylation sites (N-methyl/N-ethyl adjacent to an activating group) is 1. The Morgan fingerprint density at radius 1 is 1.50 bits per heavy atom. The number of aliphatic carboxylic acids is 1. The Morgan fingerprint density at radius 2 is 2.12 bits per heavy atom. The average molecular weight is 246 g/mol. The number of carboxylic acid groups (broad SMARTS) is 1. The number of carboxylic acids is 1. The molecule has 0 aromatic heterocycles. The molecule has 1 aromatic carbocycles. The highest BCUT2D eigenvalue weighted by Crippen LogP contribution is 2.18. The van der Waals surface area contributed by atoms with Crippen LogP contribution >= 0.6 is 11.6 Å². The summed E-state index contributed by atoms with van der Waals surface area (Å²) in [6.07, 6.45) is 0. The summed E-state index contributed by atoms with van der Waals surface area (Å²) in [5.74, 6) is -2.25. The number of hydrogen-bond donors (Lipinski definition) is 1. The molecule has 1 aromatic rings. The van der Waals surface area contributed by atoms with E-state index in [0.29, 0.717) is 0 Å². The molecule has 16 heavy (non-hydrogen) atoms. The van der Waals surface area contributed by atoms with Gasteiger partial charge in [-0.25, -0.2) is 4.39 Å². The number of carbonyl (C=O) groups is 2. The molecule has 1 amide bonds. The summed E-state index contributed by atoms with van der Waals surface area (Å²) >= 11 is 5.67. The van der Waals surface area contributed by atoms with Crippen LogP contribution in [0.25, 0.3) is 0 Å². The van der Waals surface area contributed by atoms with E-state index >= 15 is 0 Å². The fourth-order valence-corrected chi connectivity index (χ4v) is 1.39. The minimum atomic E-state index is -1.13. The first-order valence-corrected chi connectivity index (χ1v) is 4.72. The Labute approximate surface area is 96.2 Å². The van der Waals surface area contributed by atoms with Crippen molar-refractivity contribution in [2.75, 3.05) is 13.6 Å². The van der Waals surface area contributed by atoms with Gasteiger partial charge in [-0.15, -0.1) is 0 Å². The van der Waals surface area contributed by atoms with Gasteiger partial charge in [-0.05, 0) is 18.2 Å². The maximum atomic E-state index is 12.7. The van der Waals surface area contributed by atoms with E-state index in [1.807, 2.05) is 0 Å². The van der Waals surface area contributed by atoms with Crippen LogP contribution in [-0.4, -0.2) is 35.5 Å². The van der Waals surface area contributed by atoms with Crippen LogP contribution in [0.1, 0.15) is 10.4 Å². The van der Waals surface area contributed by atoms with Crippen molar-refractivity contribution in [3.63, 3.8) is 0 Å². The maximum absolute atomic E-state index is 12.7. The van der Waals surface area contributed by atoms with Crippen molar-refractivity contribution < 1.29 is 19.1 Å². The van der Waals surface area contributed by atoms with Crippen molar-refractivity contribution in [2.45, 2.75) is 0 Å². The van der Waals surface area contributed by atoms with E-state index in [-0.39, 0.29) is 10.6 Å². The Hall–Kier alpha value is -1.62. The number of halogens is 2. The van der Waals surface area contributed by atoms with Crippen molar-refractivity contribution in [1.29, 1.82) is 0 Å². The van der Waals surface area contributed by atoms with Gasteiger partial charge in [-0.1, -0.05) is 11.6 Å². The van der Waals surface area contributed by atoms with Crippen molar-refractivity contribution in [3.8, 4) is 0 Å². The van der Waals surface area contributed by atoms with Crippen molar-refractivity contribution in [1.82, 2.24) is 4.90 Å². The molecule has 0 saturated heterocycles. The molecule has 0 aliphatic rings. The molecular formula is C10H9ClFNO3. The fraction of sp³-hybridized carbons (Fsp3) is 0.200. The predicted molar refractivity (Wildman–Crippen MR) is 56.0 cm³/mol. The van der Waals surface area contributed by atoms with Crippen LogP contribution < -0.4 is 0 Å². The summed E-state index contributed by atoms with van der Waals surface area (Å²) in [6, 6.07) is 3.31. The predicted octanol–water partition coefficient (Wildman–Crippen LogP) is 1.64. The van der Waals surface area contributed by atoms with Gasteiger partial charge in [0.2, 0.25) is 0 Å². The van der Waals surface area contributed by atoms with Gasteiger partial charge in [-0.3, -0.25) is 9.59 Å². The van der Waals surface area contributed by atoms with Crippen molar-refractivity contribution in [3.05, 3.63) is 34.6 Å². The largest absolute Gasteiger partial charge is 0.480 e. The molecule has 0 saturated carbocycles. The van der Waals surface area contributed by atoms with E-state index in [4.69, 9.17) is 16.7 Å². The minimum Gasteiger partial charge on any atom is -0.480 e. The molecule has 1 rings (SSSR count). The highest BCUT2D eigenvalue weighted by Gasteiger charge is 2.17. The monoisotopic (exact) mass is 245 g/mol. The van der Waals surface area contributed by atoms with Crippen LogP contribution in [0.4, 0.5) is 4.39 Å². The van der Waals surface area contributed by atoms with Gasteiger partial charge >= 0.3 is 5.97 Å². The van der Waals surface area contributed by atoms with Crippen LogP contribution in [-0.2, 0) is 4.79 Å². The van der Waals surface area contributed by atoms with Gasteiger partial charge in [0.1, 0.15) is 12.4 Å². The van der Waals surface area contributed by atoms with Gasteiger partial charge < -0.3 is 10.0 Å². The Kier molecular flexibility index (Phi) is 3.84. The zero-order chi connectivity index (χ0) is 12.3. The van der Waals surface area contributed by atoms with Gasteiger partial charge in [0, 0.05) is 7.05 Å². The van der Waals surface area contributed by atoms with E-state index in [1.54, 1.807) is 0 Å². The molecule has 0 bridgehead atoms. The molecule has 0 fully saturated rings. The van der Waals surface area contributed by atoms with Crippen LogP contribution in [0.2, 0.25) is 5.02 Å². The number of benzene rings is 1. The van der Waals surface area contributed by atoms with Crippen molar-refractivity contribution in [2.24, 2.45) is 0 Å². The number of rotatable bonds is 3. The van der Waals surface area contributed by atoms with E-state index in [0.717, 1.165) is 17.0 Å². The SMILES string of the molecule is CN(CC(=O)O)C(=O)c1ccc(F)cc1Cl. The zero-order valence-electron chi connectivity index (χ0n) is 8.41. The summed E-state index contributed by atoms with van der Waals surface area (Å²) in [5, 5.41) is 8.47. The van der Waals surface area contributed by atoms with E-state index in [1.165, 1.54) is 13.1 Å². The Balaban J connectivity index is 2.92. The molecule has 0 heterocycles. The summed E-state index contributed by atoms with van der Waals surface area (Å²) in [4.78, 5) is 23.1. The van der Waals surface area contributed by atoms with Crippen LogP contribution in [0, 0.1) is 5.82 Å². The Bertz CT molecular complexity index is 436. The number of hydrogen-bond acceptors (Lipinski definition) is 2. The highest BCUT2D eigenvalue weighted by molar-refractivity contribution is 6.33. The zero-order valence-corrected chi connectivity index (χ0v) is 9.16. The number of amides is 1. The lowest BCUT2D eigenvalue weighted by Crippen LogP contribution is -2.32. The molecule has 0 radical (unpaired) electrons. The van der Waals surface area contributed by atoms with E-state index in [9.17, 15) is 14.0 Å². The first kappa shape index (κ1) is 12.4. The molecule has 0 aliphatic carbocycles. The van der Waals surface area contributed by atoms with E-state index < -0.39 is 24.2 Å². The molecule has 6 heteroatoms. The lowest BCUT2D eigenvalue weighted by molar-refractivity contribution is -0.137. The lowest BCUT2D eigenvalue weighted by atomic mass is 10.2. The summed E-state index contributed by atoms with van der Waals surface area (Å²) in [7, 11) is 1.33. The van der Waals surface area contributed by atoms with Crippen LogP contribution in [0.5, 0.6) is 0 Å². The topological polar surface area (TPSA) is 57.6 Å². The second-order valence-corrected chi connectivity index (χ2v) is 3.59. The summed E-state index contributed by atoms with van der Waals surface area (Å²) in [6.45, 7) is -0.438. The van der Waals surface area contributed by atoms with Gasteiger partial charge in [-0.2, -0.15) is 0 Å². The quantitative estimate of drug-likeness (QED) is 0.881. The average Bonchev–Trinajstić information content (AvgIpc) is 2.15. The third-order valence-corrected chi connectivity index (χ3v) is 2.19. The fourth-order valence-electron chi connectivity index (χ4n) is 1.14. The third-order valence-electron chi connectivity index (χ3n) is 1.88. The molecule has 0 spiro atoms. The highest BCUT2D eigenvalue weighted by atomic mass is 35.5. The minimum absolute atomic E-state index is 0.0396. The molecule has 0 atom stereocenters. The third kappa shape index (κ3) is 2.93. The van der Waals surface area contributed by atoms with Gasteiger partial charge in [0.15, 0.2) is 0 Å². The normalized spacial score (nSPS) is 9.94. The second-order valence-electron chi connectivity index (χ2n) is 3.18. The standard InChI is InChI=1S/C10H9ClFNO3/c1-13(5-9(14)15)10(16)7-3-2-6(12)4-8(7)11/h2-4H,5H2,1H3,(H,14,15).